The standard InChI is InChI=1S/C12H24N2O2/c1-3-4-5-16-12(15)9-14-7-10(2)6-11(13)8-14/h10-11H,3-9,13H2,1-2H3. The molecule has 0 amide bonds. The van der Waals surface area contributed by atoms with Crippen LogP contribution >= 0.6 is 0 Å². The third kappa shape index (κ3) is 4.94. The second-order valence-electron chi connectivity index (χ2n) is 4.87. The van der Waals surface area contributed by atoms with E-state index in [-0.39, 0.29) is 12.0 Å². The number of esters is 1. The molecule has 4 heteroatoms. The number of carbonyl (C=O) groups excluding carboxylic acids is 1. The second-order valence-corrected chi connectivity index (χ2v) is 4.87. The van der Waals surface area contributed by atoms with E-state index >= 15 is 0 Å². The molecule has 1 aliphatic heterocycles. The van der Waals surface area contributed by atoms with Gasteiger partial charge in [0.15, 0.2) is 0 Å². The summed E-state index contributed by atoms with van der Waals surface area (Å²) in [4.78, 5) is 13.6. The Kier molecular flexibility index (Phi) is 5.77. The molecule has 2 unspecified atom stereocenters. The summed E-state index contributed by atoms with van der Waals surface area (Å²) in [7, 11) is 0. The van der Waals surface area contributed by atoms with Crippen molar-refractivity contribution in [3.63, 3.8) is 0 Å². The van der Waals surface area contributed by atoms with Crippen LogP contribution in [0.1, 0.15) is 33.1 Å². The molecule has 0 saturated carbocycles. The molecule has 0 radical (unpaired) electrons. The normalized spacial score (nSPS) is 26.7. The second kappa shape index (κ2) is 6.86. The quantitative estimate of drug-likeness (QED) is 0.563. The Bertz CT molecular complexity index is 211. The van der Waals surface area contributed by atoms with Gasteiger partial charge >= 0.3 is 5.97 Å². The van der Waals surface area contributed by atoms with E-state index in [4.69, 9.17) is 10.5 Å². The van der Waals surface area contributed by atoms with Gasteiger partial charge in [0.2, 0.25) is 0 Å². The molecule has 1 saturated heterocycles. The molecule has 1 aliphatic rings. The summed E-state index contributed by atoms with van der Waals surface area (Å²) in [5, 5.41) is 0. The number of carbonyl (C=O) groups is 1. The van der Waals surface area contributed by atoms with Crippen LogP contribution in [0.25, 0.3) is 0 Å². The van der Waals surface area contributed by atoms with Gasteiger partial charge in [-0.1, -0.05) is 20.3 Å². The van der Waals surface area contributed by atoms with Crippen molar-refractivity contribution in [2.24, 2.45) is 11.7 Å². The van der Waals surface area contributed by atoms with Gasteiger partial charge in [-0.15, -0.1) is 0 Å². The molecule has 2 N–H and O–H groups in total. The maximum Gasteiger partial charge on any atom is 0.320 e. The van der Waals surface area contributed by atoms with Crippen molar-refractivity contribution < 1.29 is 9.53 Å². The molecule has 0 aromatic carbocycles. The van der Waals surface area contributed by atoms with Crippen molar-refractivity contribution in [3.8, 4) is 0 Å². The van der Waals surface area contributed by atoms with Gasteiger partial charge in [-0.25, -0.2) is 0 Å². The fourth-order valence-electron chi connectivity index (χ4n) is 2.20. The predicted molar refractivity (Wildman–Crippen MR) is 64.1 cm³/mol. The van der Waals surface area contributed by atoms with E-state index in [0.29, 0.717) is 19.1 Å². The minimum Gasteiger partial charge on any atom is -0.465 e. The first-order chi connectivity index (χ1) is 7.61. The van der Waals surface area contributed by atoms with Gasteiger partial charge in [-0.3, -0.25) is 9.69 Å². The first-order valence-electron chi connectivity index (χ1n) is 6.25. The van der Waals surface area contributed by atoms with Crippen LogP contribution in [-0.2, 0) is 9.53 Å². The van der Waals surface area contributed by atoms with Crippen LogP contribution in [0.3, 0.4) is 0 Å². The summed E-state index contributed by atoms with van der Waals surface area (Å²) in [6, 6.07) is 0.201. The van der Waals surface area contributed by atoms with Crippen LogP contribution in [0.5, 0.6) is 0 Å². The number of likely N-dealkylation sites (tertiary alicyclic amines) is 1. The van der Waals surface area contributed by atoms with Crippen molar-refractivity contribution in [2.75, 3.05) is 26.2 Å². The van der Waals surface area contributed by atoms with E-state index in [2.05, 4.69) is 18.7 Å². The average Bonchev–Trinajstić information content (AvgIpc) is 2.16. The number of hydrogen-bond acceptors (Lipinski definition) is 4. The Morgan fingerprint density at radius 2 is 2.25 bits per heavy atom. The van der Waals surface area contributed by atoms with Crippen molar-refractivity contribution in [1.82, 2.24) is 4.90 Å². The number of nitrogens with zero attached hydrogens (tertiary/aromatic N) is 1. The number of hydrogen-bond donors (Lipinski definition) is 1. The monoisotopic (exact) mass is 228 g/mol. The van der Waals surface area contributed by atoms with E-state index in [1.807, 2.05) is 0 Å². The fraction of sp³-hybridized carbons (Fsp3) is 0.917. The lowest BCUT2D eigenvalue weighted by atomic mass is 9.97. The minimum absolute atomic E-state index is 0.116. The summed E-state index contributed by atoms with van der Waals surface area (Å²) in [6.07, 6.45) is 3.06. The topological polar surface area (TPSA) is 55.6 Å². The maximum atomic E-state index is 11.5. The SMILES string of the molecule is CCCCOC(=O)CN1CC(C)CC(N)C1. The Hall–Kier alpha value is -0.610. The highest BCUT2D eigenvalue weighted by atomic mass is 16.5. The maximum absolute atomic E-state index is 11.5. The van der Waals surface area contributed by atoms with E-state index in [1.165, 1.54) is 0 Å². The van der Waals surface area contributed by atoms with Crippen molar-refractivity contribution in [3.05, 3.63) is 0 Å². The van der Waals surface area contributed by atoms with Crippen LogP contribution in [0, 0.1) is 5.92 Å². The molecule has 0 aromatic heterocycles. The van der Waals surface area contributed by atoms with Crippen LogP contribution < -0.4 is 5.73 Å². The van der Waals surface area contributed by atoms with Crippen molar-refractivity contribution in [2.45, 2.75) is 39.2 Å². The average molecular weight is 228 g/mol. The molecule has 2 atom stereocenters. The molecule has 0 aliphatic carbocycles. The molecule has 1 rings (SSSR count). The fourth-order valence-corrected chi connectivity index (χ4v) is 2.20. The third-order valence-corrected chi connectivity index (χ3v) is 2.88. The molecule has 1 heterocycles. The number of nitrogens with two attached hydrogens (primary N) is 1. The number of ether oxygens (including phenoxy) is 1. The summed E-state index contributed by atoms with van der Waals surface area (Å²) >= 11 is 0. The van der Waals surface area contributed by atoms with Crippen LogP contribution in [0.15, 0.2) is 0 Å². The third-order valence-electron chi connectivity index (χ3n) is 2.88. The zero-order valence-electron chi connectivity index (χ0n) is 10.4. The van der Waals surface area contributed by atoms with Crippen molar-refractivity contribution in [1.29, 1.82) is 0 Å². The molecular weight excluding hydrogens is 204 g/mol. The number of piperidine rings is 1. The summed E-state index contributed by atoms with van der Waals surface area (Å²) < 4.78 is 5.13. The lowest BCUT2D eigenvalue weighted by Crippen LogP contribution is -2.48. The highest BCUT2D eigenvalue weighted by Gasteiger charge is 2.23. The molecule has 4 nitrogen and oxygen atoms in total. The Morgan fingerprint density at radius 1 is 1.50 bits per heavy atom. The first-order valence-corrected chi connectivity index (χ1v) is 6.25. The summed E-state index contributed by atoms with van der Waals surface area (Å²) in [5.74, 6) is 0.460. The smallest absolute Gasteiger partial charge is 0.320 e. The van der Waals surface area contributed by atoms with Gasteiger partial charge in [-0.2, -0.15) is 0 Å². The molecule has 0 aromatic rings. The van der Waals surface area contributed by atoms with Crippen LogP contribution in [0.4, 0.5) is 0 Å². The van der Waals surface area contributed by atoms with Gasteiger partial charge in [0, 0.05) is 19.1 Å². The van der Waals surface area contributed by atoms with E-state index in [9.17, 15) is 4.79 Å². The Morgan fingerprint density at radius 3 is 2.88 bits per heavy atom. The highest BCUT2D eigenvalue weighted by molar-refractivity contribution is 5.71. The minimum atomic E-state index is -0.116. The largest absolute Gasteiger partial charge is 0.465 e. The predicted octanol–water partition coefficient (Wildman–Crippen LogP) is 0.999. The van der Waals surface area contributed by atoms with Gasteiger partial charge in [0.1, 0.15) is 0 Å². The summed E-state index contributed by atoms with van der Waals surface area (Å²) in [5.41, 5.74) is 5.92. The Balaban J connectivity index is 2.22. The van der Waals surface area contributed by atoms with E-state index < -0.39 is 0 Å². The van der Waals surface area contributed by atoms with Gasteiger partial charge < -0.3 is 10.5 Å². The van der Waals surface area contributed by atoms with Gasteiger partial charge in [0.25, 0.3) is 0 Å². The molecular formula is C12H24N2O2. The van der Waals surface area contributed by atoms with Crippen LogP contribution in [0.2, 0.25) is 0 Å². The van der Waals surface area contributed by atoms with E-state index in [1.54, 1.807) is 0 Å². The van der Waals surface area contributed by atoms with Crippen LogP contribution in [-0.4, -0.2) is 43.2 Å². The molecule has 94 valence electrons. The molecule has 0 spiro atoms. The zero-order valence-corrected chi connectivity index (χ0v) is 10.4. The lowest BCUT2D eigenvalue weighted by molar-refractivity contribution is -0.145. The first kappa shape index (κ1) is 13.5. The molecule has 16 heavy (non-hydrogen) atoms. The highest BCUT2D eigenvalue weighted by Crippen LogP contribution is 2.14. The summed E-state index contributed by atoms with van der Waals surface area (Å²) in [6.45, 7) is 6.96. The number of rotatable bonds is 5. The zero-order chi connectivity index (χ0) is 12.0. The van der Waals surface area contributed by atoms with Crippen molar-refractivity contribution >= 4 is 5.97 Å². The Labute approximate surface area is 98.1 Å². The number of unbranched alkanes of at least 4 members (excludes halogenated alkanes) is 1. The van der Waals surface area contributed by atoms with Gasteiger partial charge in [0.05, 0.1) is 13.2 Å². The molecule has 1 fully saturated rings. The lowest BCUT2D eigenvalue weighted by Gasteiger charge is -2.33. The van der Waals surface area contributed by atoms with Gasteiger partial charge in [-0.05, 0) is 18.8 Å². The molecule has 0 bridgehead atoms. The van der Waals surface area contributed by atoms with E-state index in [0.717, 1.165) is 32.4 Å².